The molecule has 0 amide bonds. The van der Waals surface area contributed by atoms with Crippen molar-refractivity contribution in [1.29, 1.82) is 0 Å². The molecule has 0 unspecified atom stereocenters. The van der Waals surface area contributed by atoms with Crippen LogP contribution in [0.2, 0.25) is 0 Å². The summed E-state index contributed by atoms with van der Waals surface area (Å²) < 4.78 is 11.9. The molecular formula is C26H14N8O2. The maximum absolute atomic E-state index is 5.93. The Labute approximate surface area is 202 Å². The molecule has 0 aliphatic heterocycles. The van der Waals surface area contributed by atoms with Gasteiger partial charge in [-0.05, 0) is 53.2 Å². The van der Waals surface area contributed by atoms with Crippen LogP contribution < -0.4 is 0 Å². The van der Waals surface area contributed by atoms with Gasteiger partial charge in [0.1, 0.15) is 11.4 Å². The Bertz CT molecular complexity index is 1740. The van der Waals surface area contributed by atoms with Crippen molar-refractivity contribution < 1.29 is 8.83 Å². The second kappa shape index (κ2) is 8.13. The summed E-state index contributed by atoms with van der Waals surface area (Å²) in [6.07, 6.45) is 10.4. The molecule has 7 aromatic rings. The molecule has 0 saturated carbocycles. The molecule has 10 nitrogen and oxygen atoms in total. The smallest absolute Gasteiger partial charge is 0.266 e. The third-order valence-electron chi connectivity index (χ3n) is 5.69. The van der Waals surface area contributed by atoms with Crippen LogP contribution in [-0.4, -0.2) is 40.3 Å². The number of rotatable bonds is 4. The largest absolute Gasteiger partial charge is 0.415 e. The van der Waals surface area contributed by atoms with Gasteiger partial charge in [-0.25, -0.2) is 0 Å². The molecule has 0 bridgehead atoms. The molecule has 36 heavy (non-hydrogen) atoms. The van der Waals surface area contributed by atoms with Crippen LogP contribution in [0.1, 0.15) is 0 Å². The van der Waals surface area contributed by atoms with Gasteiger partial charge in [-0.1, -0.05) is 6.07 Å². The maximum Gasteiger partial charge on any atom is 0.266 e. The summed E-state index contributed by atoms with van der Waals surface area (Å²) in [5.41, 5.74) is 2.60. The summed E-state index contributed by atoms with van der Waals surface area (Å²) in [4.78, 5) is 17.1. The Morgan fingerprint density at radius 2 is 0.972 bits per heavy atom. The second-order valence-electron chi connectivity index (χ2n) is 7.99. The van der Waals surface area contributed by atoms with Crippen molar-refractivity contribution >= 4 is 21.5 Å². The van der Waals surface area contributed by atoms with Gasteiger partial charge in [0.15, 0.2) is 0 Å². The maximum atomic E-state index is 5.93. The Hall–Kier alpha value is -5.38. The number of pyridine rings is 4. The molecule has 0 N–H and O–H groups in total. The highest BCUT2D eigenvalue weighted by atomic mass is 16.4. The molecule has 0 spiro atoms. The van der Waals surface area contributed by atoms with E-state index in [0.29, 0.717) is 46.1 Å². The van der Waals surface area contributed by atoms with E-state index in [1.165, 1.54) is 0 Å². The zero-order chi connectivity index (χ0) is 23.9. The third-order valence-corrected chi connectivity index (χ3v) is 5.69. The molecule has 1 aromatic carbocycles. The van der Waals surface area contributed by atoms with Crippen molar-refractivity contribution in [3.05, 3.63) is 85.7 Å². The van der Waals surface area contributed by atoms with E-state index in [4.69, 9.17) is 8.83 Å². The van der Waals surface area contributed by atoms with Gasteiger partial charge < -0.3 is 8.83 Å². The molecule has 7 rings (SSSR count). The van der Waals surface area contributed by atoms with E-state index in [0.717, 1.165) is 21.5 Å². The molecule has 0 fully saturated rings. The summed E-state index contributed by atoms with van der Waals surface area (Å²) in [6.45, 7) is 0. The van der Waals surface area contributed by atoms with Crippen molar-refractivity contribution in [3.8, 4) is 46.1 Å². The first kappa shape index (κ1) is 20.0. The van der Waals surface area contributed by atoms with Crippen LogP contribution in [-0.2, 0) is 0 Å². The van der Waals surface area contributed by atoms with Crippen LogP contribution >= 0.6 is 0 Å². The molecule has 0 saturated heterocycles. The first-order valence-corrected chi connectivity index (χ1v) is 11.0. The predicted octanol–water partition coefficient (Wildman–Crippen LogP) is 5.01. The normalized spacial score (nSPS) is 11.3. The van der Waals surface area contributed by atoms with Crippen LogP contribution in [0.3, 0.4) is 0 Å². The SMILES string of the molecule is c1cc(-c2nnc(-c3cc4ccncc4cn3)o2)cc(-c2nnc(-c3cc4ccncc4cn3)o2)c1. The van der Waals surface area contributed by atoms with Gasteiger partial charge >= 0.3 is 0 Å². The second-order valence-corrected chi connectivity index (χ2v) is 7.99. The van der Waals surface area contributed by atoms with E-state index in [1.807, 2.05) is 48.5 Å². The van der Waals surface area contributed by atoms with Gasteiger partial charge in [-0.15, -0.1) is 20.4 Å². The molecule has 10 heteroatoms. The quantitative estimate of drug-likeness (QED) is 0.346. The fourth-order valence-corrected chi connectivity index (χ4v) is 3.87. The van der Waals surface area contributed by atoms with Crippen molar-refractivity contribution in [2.75, 3.05) is 0 Å². The van der Waals surface area contributed by atoms with Crippen LogP contribution in [0.4, 0.5) is 0 Å². The van der Waals surface area contributed by atoms with Crippen molar-refractivity contribution in [3.63, 3.8) is 0 Å². The minimum Gasteiger partial charge on any atom is -0.415 e. The van der Waals surface area contributed by atoms with E-state index < -0.39 is 0 Å². The summed E-state index contributed by atoms with van der Waals surface area (Å²) in [6, 6.07) is 15.1. The van der Waals surface area contributed by atoms with E-state index in [1.54, 1.807) is 37.2 Å². The summed E-state index contributed by atoms with van der Waals surface area (Å²) in [5.74, 6) is 1.36. The lowest BCUT2D eigenvalue weighted by atomic mass is 10.1. The Morgan fingerprint density at radius 3 is 1.50 bits per heavy atom. The molecule has 0 atom stereocenters. The number of hydrogen-bond acceptors (Lipinski definition) is 10. The van der Waals surface area contributed by atoms with Crippen LogP contribution in [0, 0.1) is 0 Å². The summed E-state index contributed by atoms with van der Waals surface area (Å²) in [7, 11) is 0. The lowest BCUT2D eigenvalue weighted by Crippen LogP contribution is -1.84. The molecule has 6 heterocycles. The number of benzene rings is 1. The van der Waals surface area contributed by atoms with Crippen molar-refractivity contribution in [1.82, 2.24) is 40.3 Å². The molecular weight excluding hydrogens is 456 g/mol. The number of fused-ring (bicyclic) bond motifs is 2. The molecule has 6 aromatic heterocycles. The topological polar surface area (TPSA) is 129 Å². The average molecular weight is 470 g/mol. The van der Waals surface area contributed by atoms with Gasteiger partial charge in [0.2, 0.25) is 11.8 Å². The standard InChI is InChI=1S/C26H14N8O2/c1-2-17(23-31-33-25(35-23)21-9-15-4-6-27-11-19(15)13-29-21)8-18(3-1)24-32-34-26(36-24)22-10-16-5-7-28-12-20(16)14-30-22/h1-14H. The lowest BCUT2D eigenvalue weighted by Gasteiger charge is -2.00. The third kappa shape index (κ3) is 3.53. The van der Waals surface area contributed by atoms with Crippen LogP contribution in [0.5, 0.6) is 0 Å². The van der Waals surface area contributed by atoms with E-state index >= 15 is 0 Å². The average Bonchev–Trinajstić information content (AvgIpc) is 3.64. The lowest BCUT2D eigenvalue weighted by molar-refractivity contribution is 0.580. The fraction of sp³-hybridized carbons (Fsp3) is 0. The Morgan fingerprint density at radius 1 is 0.472 bits per heavy atom. The van der Waals surface area contributed by atoms with Crippen LogP contribution in [0.15, 0.2) is 94.5 Å². The van der Waals surface area contributed by atoms with Gasteiger partial charge in [0.05, 0.1) is 0 Å². The summed E-state index contributed by atoms with van der Waals surface area (Å²) in [5, 5.41) is 20.6. The summed E-state index contributed by atoms with van der Waals surface area (Å²) >= 11 is 0. The van der Waals surface area contributed by atoms with E-state index in [9.17, 15) is 0 Å². The van der Waals surface area contributed by atoms with Crippen molar-refractivity contribution in [2.45, 2.75) is 0 Å². The van der Waals surface area contributed by atoms with E-state index in [2.05, 4.69) is 40.3 Å². The monoisotopic (exact) mass is 470 g/mol. The molecule has 0 aliphatic rings. The highest BCUT2D eigenvalue weighted by Crippen LogP contribution is 2.29. The first-order valence-electron chi connectivity index (χ1n) is 11.0. The molecule has 0 aliphatic carbocycles. The zero-order valence-corrected chi connectivity index (χ0v) is 18.5. The number of aromatic nitrogens is 8. The Balaban J connectivity index is 1.19. The fourth-order valence-electron chi connectivity index (χ4n) is 3.87. The van der Waals surface area contributed by atoms with Crippen molar-refractivity contribution in [2.24, 2.45) is 0 Å². The van der Waals surface area contributed by atoms with Gasteiger partial charge in [-0.2, -0.15) is 0 Å². The highest BCUT2D eigenvalue weighted by molar-refractivity contribution is 5.84. The molecule has 0 radical (unpaired) electrons. The highest BCUT2D eigenvalue weighted by Gasteiger charge is 2.16. The zero-order valence-electron chi connectivity index (χ0n) is 18.5. The van der Waals surface area contributed by atoms with Gasteiger partial charge in [0.25, 0.3) is 11.8 Å². The van der Waals surface area contributed by atoms with Gasteiger partial charge in [-0.3, -0.25) is 19.9 Å². The van der Waals surface area contributed by atoms with E-state index in [-0.39, 0.29) is 0 Å². The van der Waals surface area contributed by atoms with Gasteiger partial charge in [0, 0.05) is 59.1 Å². The minimum absolute atomic E-state index is 0.326. The molecule has 170 valence electrons. The minimum atomic E-state index is 0.326. The number of hydrogen-bond donors (Lipinski definition) is 0. The van der Waals surface area contributed by atoms with Crippen LogP contribution in [0.25, 0.3) is 67.6 Å². The predicted molar refractivity (Wildman–Crippen MR) is 130 cm³/mol. The Kier molecular flexibility index (Phi) is 4.53. The number of nitrogens with zero attached hydrogens (tertiary/aromatic N) is 8. The first-order chi connectivity index (χ1) is 17.8.